The fraction of sp³-hybridized carbons (Fsp3) is 0.333. The van der Waals surface area contributed by atoms with Gasteiger partial charge in [0, 0.05) is 37.1 Å². The third-order valence-electron chi connectivity index (χ3n) is 3.62. The molecule has 2 rings (SSSR count). The SMILES string of the molecule is CN(CC(=O)N(CCO)Cc1ccccc1Cl)Cc1cccnc1. The molecule has 128 valence electrons. The van der Waals surface area contributed by atoms with E-state index < -0.39 is 0 Å². The predicted octanol–water partition coefficient (Wildman–Crippen LogP) is 2.19. The topological polar surface area (TPSA) is 56.7 Å². The molecule has 0 aliphatic rings. The van der Waals surface area contributed by atoms with Crippen LogP contribution < -0.4 is 0 Å². The van der Waals surface area contributed by atoms with Crippen molar-refractivity contribution in [2.75, 3.05) is 26.7 Å². The lowest BCUT2D eigenvalue weighted by atomic mass is 10.2. The smallest absolute Gasteiger partial charge is 0.237 e. The van der Waals surface area contributed by atoms with Gasteiger partial charge in [-0.3, -0.25) is 14.7 Å². The zero-order valence-corrected chi connectivity index (χ0v) is 14.5. The number of aliphatic hydroxyl groups excluding tert-OH is 1. The average molecular weight is 348 g/mol. The van der Waals surface area contributed by atoms with Gasteiger partial charge in [-0.2, -0.15) is 0 Å². The maximum Gasteiger partial charge on any atom is 0.237 e. The van der Waals surface area contributed by atoms with E-state index in [2.05, 4.69) is 4.98 Å². The molecule has 1 heterocycles. The third-order valence-corrected chi connectivity index (χ3v) is 3.99. The number of halogens is 1. The molecule has 0 aliphatic carbocycles. The number of pyridine rings is 1. The monoisotopic (exact) mass is 347 g/mol. The summed E-state index contributed by atoms with van der Waals surface area (Å²) in [5, 5.41) is 9.88. The van der Waals surface area contributed by atoms with Gasteiger partial charge < -0.3 is 10.0 Å². The second kappa shape index (κ2) is 9.37. The molecule has 0 bridgehead atoms. The summed E-state index contributed by atoms with van der Waals surface area (Å²) in [6, 6.07) is 11.3. The highest BCUT2D eigenvalue weighted by molar-refractivity contribution is 6.31. The molecule has 0 saturated carbocycles. The summed E-state index contributed by atoms with van der Waals surface area (Å²) in [4.78, 5) is 20.2. The zero-order chi connectivity index (χ0) is 17.4. The summed E-state index contributed by atoms with van der Waals surface area (Å²) < 4.78 is 0. The van der Waals surface area contributed by atoms with Crippen LogP contribution in [0.15, 0.2) is 48.8 Å². The molecule has 0 atom stereocenters. The van der Waals surface area contributed by atoms with E-state index in [1.165, 1.54) is 0 Å². The van der Waals surface area contributed by atoms with E-state index in [0.29, 0.717) is 18.1 Å². The van der Waals surface area contributed by atoms with E-state index in [1.807, 2.05) is 42.3 Å². The molecule has 0 fully saturated rings. The number of rotatable bonds is 8. The van der Waals surface area contributed by atoms with Crippen LogP contribution >= 0.6 is 11.6 Å². The van der Waals surface area contributed by atoms with E-state index in [1.54, 1.807) is 23.4 Å². The number of nitrogens with zero attached hydrogens (tertiary/aromatic N) is 3. The second-order valence-electron chi connectivity index (χ2n) is 5.66. The van der Waals surface area contributed by atoms with Crippen LogP contribution in [-0.2, 0) is 17.9 Å². The molecule has 24 heavy (non-hydrogen) atoms. The van der Waals surface area contributed by atoms with Gasteiger partial charge in [0.1, 0.15) is 0 Å². The van der Waals surface area contributed by atoms with E-state index >= 15 is 0 Å². The quantitative estimate of drug-likeness (QED) is 0.795. The summed E-state index contributed by atoms with van der Waals surface area (Å²) in [7, 11) is 1.89. The minimum Gasteiger partial charge on any atom is -0.395 e. The normalized spacial score (nSPS) is 10.8. The molecule has 0 unspecified atom stereocenters. The first-order valence-electron chi connectivity index (χ1n) is 7.79. The molecule has 1 amide bonds. The number of amides is 1. The lowest BCUT2D eigenvalue weighted by Gasteiger charge is -2.25. The Morgan fingerprint density at radius 1 is 1.21 bits per heavy atom. The molecule has 5 nitrogen and oxygen atoms in total. The van der Waals surface area contributed by atoms with Crippen molar-refractivity contribution in [3.05, 3.63) is 64.9 Å². The number of benzene rings is 1. The molecule has 0 spiro atoms. The van der Waals surface area contributed by atoms with Crippen LogP contribution in [0.4, 0.5) is 0 Å². The molecular formula is C18H22ClN3O2. The van der Waals surface area contributed by atoms with Crippen molar-refractivity contribution in [1.82, 2.24) is 14.8 Å². The third kappa shape index (κ3) is 5.60. The lowest BCUT2D eigenvalue weighted by molar-refractivity contribution is -0.133. The molecule has 0 radical (unpaired) electrons. The van der Waals surface area contributed by atoms with E-state index in [4.69, 9.17) is 11.6 Å². The Morgan fingerprint density at radius 2 is 2.00 bits per heavy atom. The van der Waals surface area contributed by atoms with Gasteiger partial charge in [0.2, 0.25) is 5.91 Å². The van der Waals surface area contributed by atoms with Crippen molar-refractivity contribution in [3.8, 4) is 0 Å². The Bertz CT molecular complexity index is 652. The van der Waals surface area contributed by atoms with Crippen molar-refractivity contribution in [2.45, 2.75) is 13.1 Å². The molecule has 0 saturated heterocycles. The van der Waals surface area contributed by atoms with Crippen LogP contribution in [0.2, 0.25) is 5.02 Å². The van der Waals surface area contributed by atoms with E-state index in [-0.39, 0.29) is 25.6 Å². The summed E-state index contributed by atoms with van der Waals surface area (Å²) in [5.41, 5.74) is 1.92. The summed E-state index contributed by atoms with van der Waals surface area (Å²) >= 11 is 6.17. The Hall–Kier alpha value is -1.95. The summed E-state index contributed by atoms with van der Waals surface area (Å²) in [6.45, 7) is 1.49. The van der Waals surface area contributed by atoms with Crippen molar-refractivity contribution in [1.29, 1.82) is 0 Å². The average Bonchev–Trinajstić information content (AvgIpc) is 2.57. The fourth-order valence-electron chi connectivity index (χ4n) is 2.44. The largest absolute Gasteiger partial charge is 0.395 e. The maximum atomic E-state index is 12.6. The maximum absolute atomic E-state index is 12.6. The first-order valence-corrected chi connectivity index (χ1v) is 8.17. The minimum absolute atomic E-state index is 0.0460. The standard InChI is InChI=1S/C18H22ClN3O2/c1-21(12-15-5-4-8-20-11-15)14-18(24)22(9-10-23)13-16-6-2-3-7-17(16)19/h2-8,11,23H,9-10,12-14H2,1H3. The molecule has 1 aromatic heterocycles. The Balaban J connectivity index is 1.97. The van der Waals surface area contributed by atoms with E-state index in [9.17, 15) is 9.90 Å². The molecule has 1 aromatic carbocycles. The second-order valence-corrected chi connectivity index (χ2v) is 6.07. The van der Waals surface area contributed by atoms with Crippen LogP contribution in [0.1, 0.15) is 11.1 Å². The van der Waals surface area contributed by atoms with Crippen LogP contribution in [0.5, 0.6) is 0 Å². The van der Waals surface area contributed by atoms with Gasteiger partial charge in [0.25, 0.3) is 0 Å². The van der Waals surface area contributed by atoms with Gasteiger partial charge in [-0.15, -0.1) is 0 Å². The van der Waals surface area contributed by atoms with Crippen molar-refractivity contribution in [2.24, 2.45) is 0 Å². The number of hydrogen-bond donors (Lipinski definition) is 1. The van der Waals surface area contributed by atoms with Crippen molar-refractivity contribution >= 4 is 17.5 Å². The molecule has 0 aliphatic heterocycles. The highest BCUT2D eigenvalue weighted by Crippen LogP contribution is 2.17. The number of carbonyl (C=O) groups excluding carboxylic acids is 1. The van der Waals surface area contributed by atoms with Crippen LogP contribution in [0, 0.1) is 0 Å². The predicted molar refractivity (Wildman–Crippen MR) is 94.5 cm³/mol. The van der Waals surface area contributed by atoms with Gasteiger partial charge in [-0.1, -0.05) is 35.9 Å². The van der Waals surface area contributed by atoms with Gasteiger partial charge >= 0.3 is 0 Å². The Labute approximate surface area is 147 Å². The summed E-state index contributed by atoms with van der Waals surface area (Å²) in [5.74, 6) is -0.0460. The van der Waals surface area contributed by atoms with Crippen LogP contribution in [0.3, 0.4) is 0 Å². The minimum atomic E-state index is -0.0808. The number of aromatic nitrogens is 1. The zero-order valence-electron chi connectivity index (χ0n) is 13.7. The number of hydrogen-bond acceptors (Lipinski definition) is 4. The van der Waals surface area contributed by atoms with Crippen LogP contribution in [0.25, 0.3) is 0 Å². The van der Waals surface area contributed by atoms with Crippen molar-refractivity contribution in [3.63, 3.8) is 0 Å². The highest BCUT2D eigenvalue weighted by Gasteiger charge is 2.17. The fourth-order valence-corrected chi connectivity index (χ4v) is 2.63. The first kappa shape index (κ1) is 18.4. The van der Waals surface area contributed by atoms with Gasteiger partial charge in [-0.05, 0) is 30.3 Å². The lowest BCUT2D eigenvalue weighted by Crippen LogP contribution is -2.40. The highest BCUT2D eigenvalue weighted by atomic mass is 35.5. The van der Waals surface area contributed by atoms with E-state index in [0.717, 1.165) is 11.1 Å². The van der Waals surface area contributed by atoms with Gasteiger partial charge in [0.15, 0.2) is 0 Å². The number of aliphatic hydroxyl groups is 1. The molecular weight excluding hydrogens is 326 g/mol. The summed E-state index contributed by atoms with van der Waals surface area (Å²) in [6.07, 6.45) is 3.51. The Kier molecular flexibility index (Phi) is 7.18. The number of likely N-dealkylation sites (N-methyl/N-ethyl adjacent to an activating group) is 1. The number of carbonyl (C=O) groups is 1. The van der Waals surface area contributed by atoms with Crippen molar-refractivity contribution < 1.29 is 9.90 Å². The Morgan fingerprint density at radius 3 is 2.67 bits per heavy atom. The molecule has 2 aromatic rings. The first-order chi connectivity index (χ1) is 11.6. The molecule has 6 heteroatoms. The molecule has 1 N–H and O–H groups in total. The van der Waals surface area contributed by atoms with Crippen LogP contribution in [-0.4, -0.2) is 52.5 Å². The van der Waals surface area contributed by atoms with Gasteiger partial charge in [0.05, 0.1) is 13.2 Å². The van der Waals surface area contributed by atoms with Gasteiger partial charge in [-0.25, -0.2) is 0 Å².